The molecule has 4 atom stereocenters. The molecule has 0 aromatic carbocycles. The van der Waals surface area contributed by atoms with E-state index in [2.05, 4.69) is 41.5 Å². The van der Waals surface area contributed by atoms with Crippen molar-refractivity contribution >= 4 is 0 Å². The first-order valence-electron chi connectivity index (χ1n) is 4.13. The normalized spacial score (nSPS) is 21.3. The third kappa shape index (κ3) is 4.93. The first-order valence-corrected chi connectivity index (χ1v) is 4.13. The van der Waals surface area contributed by atoms with Crippen molar-refractivity contribution in [2.45, 2.75) is 27.7 Å². The molecule has 0 spiro atoms. The molecule has 0 amide bonds. The Morgan fingerprint density at radius 3 is 1.00 bits per heavy atom. The summed E-state index contributed by atoms with van der Waals surface area (Å²) in [5.74, 6) is 2.46. The van der Waals surface area contributed by atoms with E-state index in [1.165, 1.54) is 0 Å². The van der Waals surface area contributed by atoms with Crippen LogP contribution in [0.4, 0.5) is 0 Å². The van der Waals surface area contributed by atoms with Crippen molar-refractivity contribution in [1.82, 2.24) is 0 Å². The van der Waals surface area contributed by atoms with Gasteiger partial charge in [-0.25, -0.2) is 0 Å². The Morgan fingerprint density at radius 1 is 0.727 bits per heavy atom. The van der Waals surface area contributed by atoms with Crippen LogP contribution in [-0.4, -0.2) is 0 Å². The van der Waals surface area contributed by atoms with Gasteiger partial charge in [-0.05, 0) is 0 Å². The van der Waals surface area contributed by atoms with Crippen molar-refractivity contribution in [2.75, 3.05) is 0 Å². The second kappa shape index (κ2) is 6.14. The smallest absolute Gasteiger partial charge is 0.340 e. The van der Waals surface area contributed by atoms with E-state index >= 15 is 0 Å². The zero-order chi connectivity index (χ0) is 8.31. The van der Waals surface area contributed by atoms with Crippen LogP contribution in [0.1, 0.15) is 27.7 Å². The molecule has 0 aliphatic heterocycles. The van der Waals surface area contributed by atoms with E-state index in [0.717, 1.165) is 0 Å². The molecule has 0 aliphatic carbocycles. The van der Waals surface area contributed by atoms with E-state index in [9.17, 15) is 0 Å². The Labute approximate surface area is 84.0 Å². The molecular weight excluding hydrogens is 171 g/mol. The number of rotatable bonds is 3. The van der Waals surface area contributed by atoms with Crippen LogP contribution in [0.25, 0.3) is 0 Å². The molecule has 0 rings (SSSR count). The van der Waals surface area contributed by atoms with Gasteiger partial charge < -0.3 is 13.8 Å². The zero-order valence-electron chi connectivity index (χ0n) is 8.17. The maximum absolute atomic E-state index is 4.01. The summed E-state index contributed by atoms with van der Waals surface area (Å²) in [6, 6.07) is 0. The third-order valence-corrected chi connectivity index (χ3v) is 2.62. The monoisotopic (exact) mass is 191 g/mol. The predicted molar refractivity (Wildman–Crippen MR) is 47.4 cm³/mol. The van der Waals surface area contributed by atoms with Crippen LogP contribution < -0.4 is 0 Å². The molecule has 1 radical (unpaired) electrons. The summed E-state index contributed by atoms with van der Waals surface area (Å²) < 4.78 is 0. The summed E-state index contributed by atoms with van der Waals surface area (Å²) >= 11 is 0. The Balaban J connectivity index is 0. The Hall–Kier alpha value is 0.584. The molecule has 0 aromatic heterocycles. The van der Waals surface area contributed by atoms with Crippen molar-refractivity contribution in [3.8, 4) is 0 Å². The molecule has 1 heteroatoms. The molecule has 0 bridgehead atoms. The predicted octanol–water partition coefficient (Wildman–Crippen LogP) is 3.20. The second-order valence-corrected chi connectivity index (χ2v) is 3.67. The van der Waals surface area contributed by atoms with E-state index in [-0.39, 0.29) is 18.6 Å². The molecule has 65 valence electrons. The molecule has 0 fully saturated rings. The van der Waals surface area contributed by atoms with Gasteiger partial charge in [-0.1, -0.05) is 39.5 Å². The van der Waals surface area contributed by atoms with Gasteiger partial charge in [0.15, 0.2) is 0 Å². The van der Waals surface area contributed by atoms with Crippen LogP contribution in [0.3, 0.4) is 0 Å². The summed E-state index contributed by atoms with van der Waals surface area (Å²) in [7, 11) is 0. The average Bonchev–Trinajstić information content (AvgIpc) is 1.84. The van der Waals surface area contributed by atoms with Crippen LogP contribution >= 0.6 is 0 Å². The van der Waals surface area contributed by atoms with Gasteiger partial charge in [0.25, 0.3) is 0 Å². The van der Waals surface area contributed by atoms with E-state index in [1.807, 2.05) is 0 Å². The van der Waals surface area contributed by atoms with E-state index < -0.39 is 0 Å². The first kappa shape index (κ1) is 14.1. The summed E-state index contributed by atoms with van der Waals surface area (Å²) in [6.07, 6.45) is 0. The van der Waals surface area contributed by atoms with Gasteiger partial charge in [0.2, 0.25) is 0 Å². The maximum Gasteiger partial charge on any atom is 2.00 e. The van der Waals surface area contributed by atoms with Crippen LogP contribution in [0.2, 0.25) is 0 Å². The van der Waals surface area contributed by atoms with Crippen LogP contribution in [0, 0.1) is 37.5 Å². The topological polar surface area (TPSA) is 0 Å². The number of hydrogen-bond acceptors (Lipinski definition) is 0. The first-order chi connectivity index (χ1) is 4.46. The molecule has 0 saturated heterocycles. The molecule has 0 nitrogen and oxygen atoms in total. The molecule has 4 unspecified atom stereocenters. The quantitative estimate of drug-likeness (QED) is 0.601. The van der Waals surface area contributed by atoms with Gasteiger partial charge in [-0.2, -0.15) is 11.8 Å². The van der Waals surface area contributed by atoms with Crippen LogP contribution in [0.5, 0.6) is 0 Å². The third-order valence-electron chi connectivity index (χ3n) is 2.62. The second-order valence-electron chi connectivity index (χ2n) is 3.67. The summed E-state index contributed by atoms with van der Waals surface area (Å²) in [5.41, 5.74) is 0. The minimum absolute atomic E-state index is 0. The van der Waals surface area contributed by atoms with Gasteiger partial charge in [0, 0.05) is 0 Å². The fourth-order valence-corrected chi connectivity index (χ4v) is 1.04. The molecule has 0 aromatic rings. The Morgan fingerprint density at radius 2 is 0.909 bits per heavy atom. The molecule has 0 N–H and O–H groups in total. The van der Waals surface area contributed by atoms with Crippen LogP contribution in [0.15, 0.2) is 0 Å². The van der Waals surface area contributed by atoms with E-state index in [0.29, 0.717) is 23.7 Å². The summed E-state index contributed by atoms with van der Waals surface area (Å²) in [6.45, 7) is 16.9. The van der Waals surface area contributed by atoms with Gasteiger partial charge in [-0.3, -0.25) is 0 Å². The van der Waals surface area contributed by atoms with Crippen molar-refractivity contribution in [2.24, 2.45) is 23.7 Å². The van der Waals surface area contributed by atoms with E-state index in [1.54, 1.807) is 0 Å². The Kier molecular flexibility index (Phi) is 7.89. The average molecular weight is 191 g/mol. The fraction of sp³-hybridized carbons (Fsp3) is 0.800. The van der Waals surface area contributed by atoms with Crippen molar-refractivity contribution in [3.05, 3.63) is 13.8 Å². The maximum atomic E-state index is 4.01. The van der Waals surface area contributed by atoms with Gasteiger partial charge in [0.05, 0.1) is 0 Å². The zero-order valence-corrected chi connectivity index (χ0v) is 9.57. The van der Waals surface area contributed by atoms with Gasteiger partial charge in [0.1, 0.15) is 0 Å². The molecule has 0 heterocycles. The SMILES string of the molecule is [CH2-]C(C)C(C)C(C)C([CH2-])C.[V+2]. The van der Waals surface area contributed by atoms with Gasteiger partial charge >= 0.3 is 18.6 Å². The fourth-order valence-electron chi connectivity index (χ4n) is 1.04. The van der Waals surface area contributed by atoms with Crippen molar-refractivity contribution in [1.29, 1.82) is 0 Å². The van der Waals surface area contributed by atoms with Crippen molar-refractivity contribution < 1.29 is 18.6 Å². The van der Waals surface area contributed by atoms with Crippen molar-refractivity contribution in [3.63, 3.8) is 0 Å². The molecule has 11 heavy (non-hydrogen) atoms. The minimum atomic E-state index is 0. The van der Waals surface area contributed by atoms with Crippen LogP contribution in [-0.2, 0) is 18.6 Å². The summed E-state index contributed by atoms with van der Waals surface area (Å²) in [4.78, 5) is 0. The molecule has 0 saturated carbocycles. The molecule has 0 aliphatic rings. The Bertz CT molecular complexity index is 74.9. The standard InChI is InChI=1S/C10H20.V/c1-7(2)9(5)10(6)8(3)4;/h7-10H,1,3H2,2,4-6H3;/q-2;+2. The van der Waals surface area contributed by atoms with Gasteiger partial charge in [-0.15, -0.1) is 0 Å². The molecular formula is C10H20V. The number of hydrogen-bond donors (Lipinski definition) is 0. The minimum Gasteiger partial charge on any atom is -0.340 e. The largest absolute Gasteiger partial charge is 2.00 e. The summed E-state index contributed by atoms with van der Waals surface area (Å²) in [5, 5.41) is 0. The van der Waals surface area contributed by atoms with E-state index in [4.69, 9.17) is 0 Å².